The number of carboxylic acid groups (broad SMARTS) is 1. The third-order valence-electron chi connectivity index (χ3n) is 13.2. The molecule has 12 heteroatoms. The molecule has 10 rings (SSSR count). The van der Waals surface area contributed by atoms with Crippen LogP contribution < -0.4 is 28.3 Å². The Balaban J connectivity index is 0.000000186. The summed E-state index contributed by atoms with van der Waals surface area (Å²) < 4.78 is 45.8. The minimum absolute atomic E-state index is 0. The van der Waals surface area contributed by atoms with Crippen molar-refractivity contribution in [3.8, 4) is 34.0 Å². The fourth-order valence-corrected chi connectivity index (χ4v) is 10.1. The molecule has 2 aromatic heterocycles. The summed E-state index contributed by atoms with van der Waals surface area (Å²) in [6.07, 6.45) is 5.10. The summed E-state index contributed by atoms with van der Waals surface area (Å²) in [6.45, 7) is 10.7. The van der Waals surface area contributed by atoms with E-state index >= 15 is 0 Å². The SMILES string of the molecule is CCOC(=O)[C@H]1[C@@H]2Cc3cc(OCc4cc(-c5c(C)cccc5C)ccc4F)ncc3[C@@H]21.Cc1cccc(C)c1-c1ccc(F)c(COc2cc3c(cn2)[C@H]2[C@@H](C3)[C@@H]2C(=O)O)c1.[Li+].[OH-]. The number of aliphatic carboxylic acids is 1. The third kappa shape index (κ3) is 8.82. The molecule has 6 atom stereocenters. The fourth-order valence-electron chi connectivity index (χ4n) is 10.1. The van der Waals surface area contributed by atoms with Crippen molar-refractivity contribution in [2.45, 2.75) is 72.5 Å². The van der Waals surface area contributed by atoms with Gasteiger partial charge in [-0.05, 0) is 150 Å². The van der Waals surface area contributed by atoms with Crippen molar-refractivity contribution in [3.05, 3.63) is 165 Å². The molecule has 4 aromatic carbocycles. The summed E-state index contributed by atoms with van der Waals surface area (Å²) in [4.78, 5) is 32.1. The van der Waals surface area contributed by atoms with E-state index in [-0.39, 0.29) is 84.7 Å². The van der Waals surface area contributed by atoms with Crippen LogP contribution in [0.3, 0.4) is 0 Å². The van der Waals surface area contributed by atoms with Crippen molar-refractivity contribution in [1.29, 1.82) is 0 Å². The Bertz CT molecular complexity index is 2720. The van der Waals surface area contributed by atoms with Crippen LogP contribution in [-0.4, -0.2) is 39.1 Å². The predicted octanol–water partition coefficient (Wildman–Crippen LogP) is 7.41. The maximum atomic E-state index is 14.5. The predicted molar refractivity (Wildman–Crippen MR) is 233 cm³/mol. The van der Waals surface area contributed by atoms with Crippen LogP contribution in [0, 0.1) is 63.0 Å². The van der Waals surface area contributed by atoms with Crippen LogP contribution in [0.15, 0.2) is 97.3 Å². The van der Waals surface area contributed by atoms with E-state index < -0.39 is 5.97 Å². The summed E-state index contributed by atoms with van der Waals surface area (Å²) in [6, 6.07) is 26.4. The average molecular weight is 859 g/mol. The van der Waals surface area contributed by atoms with Gasteiger partial charge >= 0.3 is 30.8 Å². The van der Waals surface area contributed by atoms with Gasteiger partial charge < -0.3 is 24.8 Å². The third-order valence-corrected chi connectivity index (χ3v) is 13.2. The van der Waals surface area contributed by atoms with Gasteiger partial charge in [0.25, 0.3) is 0 Å². The zero-order valence-electron chi connectivity index (χ0n) is 36.8. The first-order valence-corrected chi connectivity index (χ1v) is 21.2. The Morgan fingerprint density at radius 3 is 1.50 bits per heavy atom. The monoisotopic (exact) mass is 858 g/mol. The van der Waals surface area contributed by atoms with E-state index in [2.05, 4.69) is 61.9 Å². The minimum atomic E-state index is -0.727. The standard InChI is InChI=1S/C27H26FNO3.C25H22FNO3.Li.H2O/c1-4-31-27(30)26-20-11-18-12-23(29-13-21(18)25(20)26)32-14-19-10-17(8-9-22(19)28)24-15(2)6-5-7-16(24)3;1-13-4-3-5-14(2)22(13)15-6-7-20(26)17(8-15)12-30-21-10-16-9-18-23(19(16)11-27-21)24(18)25(28)29;;/h5-10,12-13,20,25-26H,4,11,14H2,1-3H3;3-8,10-11,18,23-24H,9,12H2,1-2H3,(H,28,29);;1H2/q;;+1;/p-1/t20-,25-,26+;18-,23-,24+;;/m11../s1. The van der Waals surface area contributed by atoms with Gasteiger partial charge in [0.2, 0.25) is 11.8 Å². The van der Waals surface area contributed by atoms with Crippen LogP contribution in [0.25, 0.3) is 22.3 Å². The number of esters is 1. The Morgan fingerprint density at radius 1 is 0.656 bits per heavy atom. The number of carbonyl (C=O) groups excluding carboxylic acids is 1. The molecule has 6 aromatic rings. The number of fused-ring (bicyclic) bond motifs is 6. The number of nitrogens with zero attached hydrogens (tertiary/aromatic N) is 2. The van der Waals surface area contributed by atoms with Gasteiger partial charge in [0, 0.05) is 47.5 Å². The van der Waals surface area contributed by atoms with Crippen molar-refractivity contribution in [2.24, 2.45) is 23.7 Å². The molecule has 4 aliphatic carbocycles. The van der Waals surface area contributed by atoms with Crippen molar-refractivity contribution >= 4 is 11.9 Å². The van der Waals surface area contributed by atoms with E-state index in [4.69, 9.17) is 14.2 Å². The Morgan fingerprint density at radius 2 is 1.08 bits per heavy atom. The molecule has 0 saturated heterocycles. The second kappa shape index (κ2) is 18.7. The van der Waals surface area contributed by atoms with Crippen molar-refractivity contribution in [2.75, 3.05) is 6.61 Å². The molecule has 2 heterocycles. The van der Waals surface area contributed by atoms with Gasteiger partial charge in [0.1, 0.15) is 24.8 Å². The van der Waals surface area contributed by atoms with Crippen molar-refractivity contribution in [1.82, 2.24) is 9.97 Å². The van der Waals surface area contributed by atoms with E-state index in [1.807, 2.05) is 49.4 Å². The summed E-state index contributed by atoms with van der Waals surface area (Å²) in [7, 11) is 0. The molecule has 324 valence electrons. The van der Waals surface area contributed by atoms with Gasteiger partial charge in [-0.15, -0.1) is 0 Å². The first-order valence-electron chi connectivity index (χ1n) is 21.2. The summed E-state index contributed by atoms with van der Waals surface area (Å²) >= 11 is 0. The zero-order chi connectivity index (χ0) is 43.4. The molecule has 0 amide bonds. The number of carboxylic acids is 1. The second-order valence-electron chi connectivity index (χ2n) is 17.1. The second-order valence-corrected chi connectivity index (χ2v) is 17.1. The van der Waals surface area contributed by atoms with Gasteiger partial charge in [0.05, 0.1) is 18.4 Å². The molecule has 0 unspecified atom stereocenters. The fraction of sp³-hybridized carbons (Fsp3) is 0.308. The molecule has 0 bridgehead atoms. The van der Waals surface area contributed by atoms with E-state index in [1.165, 1.54) is 12.1 Å². The van der Waals surface area contributed by atoms with E-state index in [1.54, 1.807) is 18.5 Å². The number of ether oxygens (including phenoxy) is 3. The maximum absolute atomic E-state index is 14.5. The number of halogens is 2. The Labute approximate surface area is 383 Å². The largest absolute Gasteiger partial charge is 1.00 e. The van der Waals surface area contributed by atoms with Gasteiger partial charge in [0.15, 0.2) is 0 Å². The van der Waals surface area contributed by atoms with Crippen LogP contribution in [-0.2, 0) is 40.4 Å². The number of hydrogen-bond donors (Lipinski definition) is 1. The minimum Gasteiger partial charge on any atom is -0.870 e. The van der Waals surface area contributed by atoms with Gasteiger partial charge in [-0.1, -0.05) is 48.5 Å². The quantitative estimate of drug-likeness (QED) is 0.104. The molecular formula is C52H49F2LiN2O7. The van der Waals surface area contributed by atoms with Crippen LogP contribution >= 0.6 is 0 Å². The number of benzene rings is 4. The first-order chi connectivity index (χ1) is 29.9. The molecule has 0 spiro atoms. The number of rotatable bonds is 11. The molecule has 64 heavy (non-hydrogen) atoms. The van der Waals surface area contributed by atoms with E-state index in [9.17, 15) is 23.5 Å². The van der Waals surface area contributed by atoms with E-state index in [0.29, 0.717) is 35.4 Å². The van der Waals surface area contributed by atoms with Crippen LogP contribution in [0.4, 0.5) is 8.78 Å². The summed E-state index contributed by atoms with van der Waals surface area (Å²) in [5.41, 5.74) is 14.1. The summed E-state index contributed by atoms with van der Waals surface area (Å²) in [5, 5.41) is 9.23. The molecular weight excluding hydrogens is 810 g/mol. The Hall–Kier alpha value is -5.86. The number of hydrogen-bond acceptors (Lipinski definition) is 8. The molecule has 2 N–H and O–H groups in total. The normalized spacial score (nSPS) is 20.1. The van der Waals surface area contributed by atoms with Gasteiger partial charge in [-0.25, -0.2) is 18.7 Å². The topological polar surface area (TPSA) is 138 Å². The molecule has 0 radical (unpaired) electrons. The number of aryl methyl sites for hydroxylation is 4. The van der Waals surface area contributed by atoms with E-state index in [0.717, 1.165) is 79.6 Å². The zero-order valence-corrected chi connectivity index (χ0v) is 36.8. The number of pyridine rings is 2. The Kier molecular flexibility index (Phi) is 13.5. The molecule has 2 fully saturated rings. The van der Waals surface area contributed by atoms with Crippen LogP contribution in [0.1, 0.15) is 74.4 Å². The average Bonchev–Trinajstić information content (AvgIpc) is 4.06. The summed E-state index contributed by atoms with van der Waals surface area (Å²) in [5.74, 6) is -0.00510. The number of carbonyl (C=O) groups is 2. The van der Waals surface area contributed by atoms with Crippen molar-refractivity contribution in [3.63, 3.8) is 0 Å². The van der Waals surface area contributed by atoms with Gasteiger partial charge in [-0.3, -0.25) is 9.59 Å². The van der Waals surface area contributed by atoms with Crippen LogP contribution in [0.5, 0.6) is 11.8 Å². The van der Waals surface area contributed by atoms with Crippen LogP contribution in [0.2, 0.25) is 0 Å². The van der Waals surface area contributed by atoms with Gasteiger partial charge in [-0.2, -0.15) is 0 Å². The maximum Gasteiger partial charge on any atom is 1.00 e. The molecule has 2 saturated carbocycles. The molecule has 4 aliphatic rings. The first kappa shape index (κ1) is 46.1. The smallest absolute Gasteiger partial charge is 0.870 e. The molecule has 0 aliphatic heterocycles. The van der Waals surface area contributed by atoms with Crippen molar-refractivity contribution < 1.29 is 62.0 Å². The number of aromatic nitrogens is 2. The molecule has 9 nitrogen and oxygen atoms in total.